The van der Waals surface area contributed by atoms with Crippen LogP contribution in [-0.2, 0) is 14.8 Å². The molecular weight excluding hydrogens is 290 g/mol. The lowest BCUT2D eigenvalue weighted by atomic mass is 10.0. The highest BCUT2D eigenvalue weighted by atomic mass is 32.2. The van der Waals surface area contributed by atoms with Gasteiger partial charge >= 0.3 is 0 Å². The van der Waals surface area contributed by atoms with Gasteiger partial charge in [0.15, 0.2) is 0 Å². The molecule has 0 radical (unpaired) electrons. The lowest BCUT2D eigenvalue weighted by Gasteiger charge is -2.33. The fourth-order valence-corrected chi connectivity index (χ4v) is 5.08. The molecule has 1 N–H and O–H groups in total. The van der Waals surface area contributed by atoms with E-state index in [2.05, 4.69) is 9.97 Å². The number of nitrogens with one attached hydrogen (secondary N) is 1. The molecular formula is C14H23N3O3S. The molecule has 7 heteroatoms. The van der Waals surface area contributed by atoms with E-state index in [1.54, 1.807) is 16.7 Å². The summed E-state index contributed by atoms with van der Waals surface area (Å²) < 4.78 is 32.4. The average Bonchev–Trinajstić information content (AvgIpc) is 3.19. The average molecular weight is 313 g/mol. The maximum atomic E-state index is 12.7. The summed E-state index contributed by atoms with van der Waals surface area (Å²) in [5.74, 6) is 1.38. The third-order valence-electron chi connectivity index (χ3n) is 4.45. The number of sulfonamides is 1. The fraction of sp³-hybridized carbons (Fsp3) is 0.786. The normalized spacial score (nSPS) is 28.0. The molecule has 0 amide bonds. The highest BCUT2D eigenvalue weighted by Gasteiger charge is 2.34. The summed E-state index contributed by atoms with van der Waals surface area (Å²) in [6.45, 7) is 2.08. The highest BCUT2D eigenvalue weighted by Crippen LogP contribution is 2.32. The van der Waals surface area contributed by atoms with Crippen molar-refractivity contribution in [1.29, 1.82) is 0 Å². The van der Waals surface area contributed by atoms with Crippen molar-refractivity contribution in [2.45, 2.75) is 38.1 Å². The van der Waals surface area contributed by atoms with E-state index < -0.39 is 10.0 Å². The Balaban J connectivity index is 1.69. The molecule has 118 valence electrons. The van der Waals surface area contributed by atoms with Crippen LogP contribution in [-0.4, -0.2) is 48.2 Å². The van der Waals surface area contributed by atoms with Crippen LogP contribution in [0.2, 0.25) is 0 Å². The Labute approximate surface area is 125 Å². The number of hydrogen-bond donors (Lipinski definition) is 1. The first kappa shape index (κ1) is 15.0. The molecule has 21 heavy (non-hydrogen) atoms. The molecule has 2 aliphatic heterocycles. The molecule has 2 aliphatic rings. The number of ether oxygens (including phenoxy) is 1. The summed E-state index contributed by atoms with van der Waals surface area (Å²) in [6.07, 6.45) is 7.95. The van der Waals surface area contributed by atoms with Crippen LogP contribution in [0, 0.1) is 5.92 Å². The van der Waals surface area contributed by atoms with Gasteiger partial charge in [0.05, 0.1) is 11.8 Å². The molecule has 3 rings (SSSR count). The monoisotopic (exact) mass is 313 g/mol. The molecule has 0 aromatic carbocycles. The third-order valence-corrected chi connectivity index (χ3v) is 6.36. The van der Waals surface area contributed by atoms with Crippen molar-refractivity contribution >= 4 is 10.0 Å². The number of imidazole rings is 1. The fourth-order valence-electron chi connectivity index (χ4n) is 3.21. The first-order valence-electron chi connectivity index (χ1n) is 7.73. The molecule has 3 heterocycles. The molecule has 0 spiro atoms. The first-order valence-corrected chi connectivity index (χ1v) is 9.34. The van der Waals surface area contributed by atoms with E-state index in [4.69, 9.17) is 4.74 Å². The van der Waals surface area contributed by atoms with Gasteiger partial charge in [-0.05, 0) is 31.6 Å². The minimum absolute atomic E-state index is 0.126. The van der Waals surface area contributed by atoms with E-state index in [-0.39, 0.29) is 11.8 Å². The topological polar surface area (TPSA) is 75.3 Å². The zero-order valence-corrected chi connectivity index (χ0v) is 13.0. The maximum Gasteiger partial charge on any atom is 0.214 e. The molecule has 6 nitrogen and oxygen atoms in total. The first-order chi connectivity index (χ1) is 10.2. The number of piperidine rings is 1. The van der Waals surface area contributed by atoms with Crippen molar-refractivity contribution in [2.75, 3.05) is 25.5 Å². The molecule has 0 aliphatic carbocycles. The van der Waals surface area contributed by atoms with Crippen LogP contribution in [0.3, 0.4) is 0 Å². The number of rotatable bonds is 5. The van der Waals surface area contributed by atoms with Gasteiger partial charge in [0.2, 0.25) is 10.0 Å². The Morgan fingerprint density at radius 1 is 1.38 bits per heavy atom. The van der Waals surface area contributed by atoms with Crippen LogP contribution < -0.4 is 0 Å². The van der Waals surface area contributed by atoms with Crippen molar-refractivity contribution in [3.63, 3.8) is 0 Å². The number of H-pyrrole nitrogens is 1. The van der Waals surface area contributed by atoms with Gasteiger partial charge in [-0.15, -0.1) is 0 Å². The van der Waals surface area contributed by atoms with E-state index in [9.17, 15) is 8.42 Å². The lowest BCUT2D eigenvalue weighted by molar-refractivity contribution is 0.185. The van der Waals surface area contributed by atoms with Gasteiger partial charge in [0.1, 0.15) is 5.82 Å². The Kier molecular flexibility index (Phi) is 4.61. The van der Waals surface area contributed by atoms with Crippen LogP contribution in [0.4, 0.5) is 0 Å². The van der Waals surface area contributed by atoms with Gasteiger partial charge in [-0.1, -0.05) is 6.42 Å². The molecule has 2 fully saturated rings. The van der Waals surface area contributed by atoms with Crippen LogP contribution in [0.5, 0.6) is 0 Å². The predicted octanol–water partition coefficient (Wildman–Crippen LogP) is 1.69. The predicted molar refractivity (Wildman–Crippen MR) is 79.2 cm³/mol. The van der Waals surface area contributed by atoms with Gasteiger partial charge in [0, 0.05) is 32.2 Å². The molecule has 2 atom stereocenters. The second kappa shape index (κ2) is 6.46. The van der Waals surface area contributed by atoms with E-state index in [0.717, 1.165) is 38.1 Å². The number of aromatic amines is 1. The van der Waals surface area contributed by atoms with Gasteiger partial charge in [-0.3, -0.25) is 0 Å². The van der Waals surface area contributed by atoms with Crippen molar-refractivity contribution < 1.29 is 13.2 Å². The van der Waals surface area contributed by atoms with Crippen LogP contribution in [0.1, 0.15) is 44.0 Å². The van der Waals surface area contributed by atoms with E-state index in [1.807, 2.05) is 0 Å². The molecule has 0 bridgehead atoms. The highest BCUT2D eigenvalue weighted by molar-refractivity contribution is 7.89. The van der Waals surface area contributed by atoms with Gasteiger partial charge < -0.3 is 9.72 Å². The second-order valence-electron chi connectivity index (χ2n) is 5.93. The van der Waals surface area contributed by atoms with Crippen molar-refractivity contribution in [3.05, 3.63) is 18.2 Å². The van der Waals surface area contributed by atoms with Crippen LogP contribution in [0.25, 0.3) is 0 Å². The second-order valence-corrected chi connectivity index (χ2v) is 7.97. The summed E-state index contributed by atoms with van der Waals surface area (Å²) in [4.78, 5) is 7.33. The van der Waals surface area contributed by atoms with E-state index in [1.165, 1.54) is 0 Å². The van der Waals surface area contributed by atoms with Crippen molar-refractivity contribution in [3.8, 4) is 0 Å². The lowest BCUT2D eigenvalue weighted by Crippen LogP contribution is -2.40. The van der Waals surface area contributed by atoms with Gasteiger partial charge in [-0.25, -0.2) is 13.4 Å². The van der Waals surface area contributed by atoms with Crippen molar-refractivity contribution in [2.24, 2.45) is 5.92 Å². The standard InChI is InChI=1S/C14H23N3O3S/c18-21(19,10-5-12-4-9-20-11-12)17-8-2-1-3-13(17)14-15-6-7-16-14/h6-7,12-13H,1-5,8-11H2,(H,15,16). The number of nitrogens with zero attached hydrogens (tertiary/aromatic N) is 2. The zero-order valence-electron chi connectivity index (χ0n) is 12.2. The third kappa shape index (κ3) is 3.46. The van der Waals surface area contributed by atoms with Crippen LogP contribution >= 0.6 is 0 Å². The summed E-state index contributed by atoms with van der Waals surface area (Å²) >= 11 is 0. The summed E-state index contributed by atoms with van der Waals surface area (Å²) in [5, 5.41) is 0. The van der Waals surface area contributed by atoms with E-state index >= 15 is 0 Å². The number of aromatic nitrogens is 2. The Morgan fingerprint density at radius 2 is 2.29 bits per heavy atom. The molecule has 0 saturated carbocycles. The molecule has 1 aromatic heterocycles. The summed E-state index contributed by atoms with van der Waals surface area (Å²) in [5.41, 5.74) is 0. The Hall–Kier alpha value is -0.920. The number of hydrogen-bond acceptors (Lipinski definition) is 4. The molecule has 2 saturated heterocycles. The summed E-state index contributed by atoms with van der Waals surface area (Å²) in [6, 6.07) is -0.126. The Morgan fingerprint density at radius 3 is 3.00 bits per heavy atom. The SMILES string of the molecule is O=S(=O)(CCC1CCOC1)N1CCCCC1c1ncc[nH]1. The van der Waals surface area contributed by atoms with Crippen molar-refractivity contribution in [1.82, 2.24) is 14.3 Å². The minimum Gasteiger partial charge on any atom is -0.381 e. The Bertz CT molecular complexity index is 538. The van der Waals surface area contributed by atoms with Gasteiger partial charge in [0.25, 0.3) is 0 Å². The molecule has 2 unspecified atom stereocenters. The largest absolute Gasteiger partial charge is 0.381 e. The summed E-state index contributed by atoms with van der Waals surface area (Å²) in [7, 11) is -3.23. The maximum absolute atomic E-state index is 12.7. The zero-order chi connectivity index (χ0) is 14.7. The van der Waals surface area contributed by atoms with Crippen LogP contribution in [0.15, 0.2) is 12.4 Å². The molecule has 1 aromatic rings. The quantitative estimate of drug-likeness (QED) is 0.897. The smallest absolute Gasteiger partial charge is 0.214 e. The van der Waals surface area contributed by atoms with Gasteiger partial charge in [-0.2, -0.15) is 4.31 Å². The minimum atomic E-state index is -3.23. The van der Waals surface area contributed by atoms with E-state index in [0.29, 0.717) is 25.5 Å².